The molecule has 2 aromatic rings. The van der Waals surface area contributed by atoms with Gasteiger partial charge in [-0.15, -0.1) is 11.3 Å². The molecule has 0 N–H and O–H groups in total. The van der Waals surface area contributed by atoms with Crippen molar-refractivity contribution in [2.24, 2.45) is 0 Å². The van der Waals surface area contributed by atoms with Crippen LogP contribution < -0.4 is 9.47 Å². The van der Waals surface area contributed by atoms with Crippen molar-refractivity contribution < 1.29 is 22.7 Å². The molecule has 1 saturated heterocycles. The van der Waals surface area contributed by atoms with Gasteiger partial charge in [-0.2, -0.15) is 4.31 Å². The Morgan fingerprint density at radius 1 is 1.14 bits per heavy atom. The maximum atomic E-state index is 12.7. The normalized spacial score (nSPS) is 15.5. The molecule has 0 atom stereocenters. The Morgan fingerprint density at radius 2 is 1.79 bits per heavy atom. The first-order valence-electron chi connectivity index (χ1n) is 8.58. The van der Waals surface area contributed by atoms with Crippen molar-refractivity contribution in [2.75, 3.05) is 40.4 Å². The molecule has 0 radical (unpaired) electrons. The smallest absolute Gasteiger partial charge is 0.252 e. The summed E-state index contributed by atoms with van der Waals surface area (Å²) < 4.78 is 38.3. The number of benzene rings is 1. The molecule has 152 valence electrons. The molecule has 7 nitrogen and oxygen atoms in total. The number of amides is 1. The van der Waals surface area contributed by atoms with Crippen LogP contribution in [0.1, 0.15) is 5.56 Å². The van der Waals surface area contributed by atoms with Gasteiger partial charge in [-0.3, -0.25) is 4.79 Å². The predicted octanol–water partition coefficient (Wildman–Crippen LogP) is 2.60. The van der Waals surface area contributed by atoms with Crippen LogP contribution in [0.25, 0.3) is 0 Å². The molecule has 0 unspecified atom stereocenters. The van der Waals surface area contributed by atoms with Crippen molar-refractivity contribution in [3.05, 3.63) is 39.7 Å². The molecule has 1 aromatic heterocycles. The number of ether oxygens (including phenoxy) is 2. The van der Waals surface area contributed by atoms with Gasteiger partial charge in [0.05, 0.1) is 20.6 Å². The highest BCUT2D eigenvalue weighted by Gasteiger charge is 2.30. The molecule has 28 heavy (non-hydrogen) atoms. The van der Waals surface area contributed by atoms with Gasteiger partial charge in [0, 0.05) is 30.7 Å². The molecule has 1 aliphatic heterocycles. The molecule has 1 aliphatic rings. The predicted molar refractivity (Wildman–Crippen MR) is 111 cm³/mol. The van der Waals surface area contributed by atoms with Crippen molar-refractivity contribution in [3.63, 3.8) is 0 Å². The number of carbonyl (C=O) groups excluding carboxylic acids is 1. The average molecular weight is 489 g/mol. The number of hydrogen-bond acceptors (Lipinski definition) is 6. The van der Waals surface area contributed by atoms with E-state index < -0.39 is 10.0 Å². The third-order valence-corrected chi connectivity index (χ3v) is 8.58. The van der Waals surface area contributed by atoms with Crippen molar-refractivity contribution in [1.29, 1.82) is 0 Å². The molecular formula is C18H21BrN2O5S2. The lowest BCUT2D eigenvalue weighted by Gasteiger charge is -2.33. The minimum atomic E-state index is -3.47. The van der Waals surface area contributed by atoms with E-state index in [0.29, 0.717) is 41.9 Å². The van der Waals surface area contributed by atoms with Crippen LogP contribution in [0.4, 0.5) is 0 Å². The standard InChI is InChI=1S/C18H21BrN2O5S2/c1-25-15-10-13(14(19)12-16(15)26-2)11-17(22)20-5-7-21(8-6-20)28(23,24)18-4-3-9-27-18/h3-4,9-10,12H,5-8,11H2,1-2H3. The van der Waals surface area contributed by atoms with Crippen LogP contribution in [-0.2, 0) is 21.2 Å². The highest BCUT2D eigenvalue weighted by molar-refractivity contribution is 9.10. The number of rotatable bonds is 6. The van der Waals surface area contributed by atoms with E-state index in [9.17, 15) is 13.2 Å². The summed E-state index contributed by atoms with van der Waals surface area (Å²) in [6.45, 7) is 1.32. The van der Waals surface area contributed by atoms with Gasteiger partial charge in [0.25, 0.3) is 10.0 Å². The van der Waals surface area contributed by atoms with Gasteiger partial charge in [0.15, 0.2) is 11.5 Å². The lowest BCUT2D eigenvalue weighted by Crippen LogP contribution is -2.50. The number of sulfonamides is 1. The van der Waals surface area contributed by atoms with E-state index in [4.69, 9.17) is 9.47 Å². The fourth-order valence-electron chi connectivity index (χ4n) is 3.02. The Hall–Kier alpha value is -1.62. The van der Waals surface area contributed by atoms with Crippen LogP contribution in [0.5, 0.6) is 11.5 Å². The third-order valence-electron chi connectivity index (χ3n) is 4.57. The van der Waals surface area contributed by atoms with E-state index in [1.165, 1.54) is 15.6 Å². The number of hydrogen-bond donors (Lipinski definition) is 0. The Kier molecular flexibility index (Phi) is 6.64. The second kappa shape index (κ2) is 8.81. The molecule has 1 aromatic carbocycles. The van der Waals surface area contributed by atoms with Gasteiger partial charge < -0.3 is 14.4 Å². The summed E-state index contributed by atoms with van der Waals surface area (Å²) in [6, 6.07) is 6.87. The van der Waals surface area contributed by atoms with Gasteiger partial charge in [0.1, 0.15) is 4.21 Å². The summed E-state index contributed by atoms with van der Waals surface area (Å²) in [5, 5.41) is 1.74. The first-order chi connectivity index (χ1) is 13.4. The highest BCUT2D eigenvalue weighted by Crippen LogP contribution is 2.33. The Bertz CT molecular complexity index is 939. The van der Waals surface area contributed by atoms with E-state index >= 15 is 0 Å². The molecule has 1 amide bonds. The van der Waals surface area contributed by atoms with Crippen molar-refractivity contribution in [1.82, 2.24) is 9.21 Å². The maximum Gasteiger partial charge on any atom is 0.252 e. The molecular weight excluding hydrogens is 468 g/mol. The topological polar surface area (TPSA) is 76.2 Å². The van der Waals surface area contributed by atoms with E-state index in [-0.39, 0.29) is 12.3 Å². The zero-order valence-corrected chi connectivity index (χ0v) is 18.8. The van der Waals surface area contributed by atoms with E-state index in [1.54, 1.807) is 48.8 Å². The molecule has 3 rings (SSSR count). The lowest BCUT2D eigenvalue weighted by atomic mass is 10.1. The fraction of sp³-hybridized carbons (Fsp3) is 0.389. The molecule has 1 fully saturated rings. The van der Waals surface area contributed by atoms with Crippen LogP contribution in [0.15, 0.2) is 38.3 Å². The fourth-order valence-corrected chi connectivity index (χ4v) is 6.05. The van der Waals surface area contributed by atoms with Gasteiger partial charge in [-0.1, -0.05) is 22.0 Å². The number of methoxy groups -OCH3 is 2. The van der Waals surface area contributed by atoms with Crippen molar-refractivity contribution in [2.45, 2.75) is 10.6 Å². The minimum Gasteiger partial charge on any atom is -0.493 e. The minimum absolute atomic E-state index is 0.0545. The van der Waals surface area contributed by atoms with E-state index in [1.807, 2.05) is 0 Å². The number of thiophene rings is 1. The van der Waals surface area contributed by atoms with E-state index in [2.05, 4.69) is 15.9 Å². The monoisotopic (exact) mass is 488 g/mol. The van der Waals surface area contributed by atoms with E-state index in [0.717, 1.165) is 10.0 Å². The van der Waals surface area contributed by atoms with Crippen LogP contribution in [0.2, 0.25) is 0 Å². The second-order valence-electron chi connectivity index (χ2n) is 6.19. The van der Waals surface area contributed by atoms with Gasteiger partial charge in [0.2, 0.25) is 5.91 Å². The summed E-state index contributed by atoms with van der Waals surface area (Å²) >= 11 is 4.67. The molecule has 0 bridgehead atoms. The van der Waals surface area contributed by atoms with Gasteiger partial charge in [-0.05, 0) is 29.1 Å². The van der Waals surface area contributed by atoms with Crippen LogP contribution >= 0.6 is 27.3 Å². The first kappa shape index (κ1) is 21.1. The lowest BCUT2D eigenvalue weighted by molar-refractivity contribution is -0.131. The first-order valence-corrected chi connectivity index (χ1v) is 11.7. The molecule has 2 heterocycles. The number of halogens is 1. The highest BCUT2D eigenvalue weighted by atomic mass is 79.9. The van der Waals surface area contributed by atoms with Crippen LogP contribution in [0.3, 0.4) is 0 Å². The molecule has 0 saturated carbocycles. The quantitative estimate of drug-likeness (QED) is 0.624. The average Bonchev–Trinajstić information content (AvgIpc) is 3.25. The maximum absolute atomic E-state index is 12.7. The molecule has 0 aliphatic carbocycles. The van der Waals surface area contributed by atoms with Crippen molar-refractivity contribution >= 4 is 43.2 Å². The summed E-state index contributed by atoms with van der Waals surface area (Å²) in [5.74, 6) is 1.08. The Morgan fingerprint density at radius 3 is 2.36 bits per heavy atom. The molecule has 10 heteroatoms. The Labute approximate surface area is 177 Å². The zero-order chi connectivity index (χ0) is 20.3. The van der Waals surface area contributed by atoms with Crippen LogP contribution in [0, 0.1) is 0 Å². The number of piperazine rings is 1. The molecule has 0 spiro atoms. The largest absolute Gasteiger partial charge is 0.493 e. The number of carbonyl (C=O) groups is 1. The Balaban J connectivity index is 1.65. The SMILES string of the molecule is COc1cc(Br)c(CC(=O)N2CCN(S(=O)(=O)c3cccs3)CC2)cc1OC. The van der Waals surface area contributed by atoms with Gasteiger partial charge in [-0.25, -0.2) is 8.42 Å². The third kappa shape index (κ3) is 4.35. The van der Waals surface area contributed by atoms with Gasteiger partial charge >= 0.3 is 0 Å². The summed E-state index contributed by atoms with van der Waals surface area (Å²) in [4.78, 5) is 14.4. The van der Waals surface area contributed by atoms with Crippen LogP contribution in [-0.4, -0.2) is 63.9 Å². The zero-order valence-electron chi connectivity index (χ0n) is 15.6. The second-order valence-corrected chi connectivity index (χ2v) is 10.2. The summed E-state index contributed by atoms with van der Waals surface area (Å²) in [6.07, 6.45) is 0.193. The van der Waals surface area contributed by atoms with Crippen molar-refractivity contribution in [3.8, 4) is 11.5 Å². The number of nitrogens with zero attached hydrogens (tertiary/aromatic N) is 2. The summed E-state index contributed by atoms with van der Waals surface area (Å²) in [7, 11) is -0.374. The summed E-state index contributed by atoms with van der Waals surface area (Å²) in [5.41, 5.74) is 0.788.